The molecule has 0 aliphatic carbocycles. The number of hydrogen-bond donors (Lipinski definition) is 6. The zero-order chi connectivity index (χ0) is 24.9. The first-order chi connectivity index (χ1) is 15.3. The van der Waals surface area contributed by atoms with E-state index in [0.717, 1.165) is 0 Å². The predicted octanol–water partition coefficient (Wildman–Crippen LogP) is -1.98. The van der Waals surface area contributed by atoms with Gasteiger partial charge in [-0.1, -0.05) is 13.8 Å². The molecule has 33 heavy (non-hydrogen) atoms. The van der Waals surface area contributed by atoms with Crippen LogP contribution >= 0.6 is 0 Å². The molecule has 2 aliphatic heterocycles. The van der Waals surface area contributed by atoms with Gasteiger partial charge in [0.15, 0.2) is 12.6 Å². The molecule has 2 fully saturated rings. The summed E-state index contributed by atoms with van der Waals surface area (Å²) < 4.78 is 27.1. The lowest BCUT2D eigenvalue weighted by Gasteiger charge is -2.43. The van der Waals surface area contributed by atoms with E-state index in [2.05, 4.69) is 0 Å². The lowest BCUT2D eigenvalue weighted by atomic mass is 9.98. The molecule has 194 valence electrons. The van der Waals surface area contributed by atoms with Crippen molar-refractivity contribution in [2.45, 2.75) is 101 Å². The number of ether oxygens (including phenoxy) is 5. The zero-order valence-electron chi connectivity index (χ0n) is 19.4. The van der Waals surface area contributed by atoms with Crippen LogP contribution in [0.1, 0.15) is 40.5 Å². The van der Waals surface area contributed by atoms with Crippen molar-refractivity contribution in [2.24, 2.45) is 5.92 Å². The summed E-state index contributed by atoms with van der Waals surface area (Å²) in [6.45, 7) is 6.65. The molecule has 9 atom stereocenters. The van der Waals surface area contributed by atoms with Crippen molar-refractivity contribution < 1.29 is 59.1 Å². The van der Waals surface area contributed by atoms with Crippen molar-refractivity contribution in [3.63, 3.8) is 0 Å². The normalized spacial score (nSPS) is 37.8. The van der Waals surface area contributed by atoms with Crippen molar-refractivity contribution >= 4 is 5.97 Å². The predicted molar refractivity (Wildman–Crippen MR) is 111 cm³/mol. The van der Waals surface area contributed by atoms with E-state index in [1.54, 1.807) is 13.8 Å². The van der Waals surface area contributed by atoms with Gasteiger partial charge in [0.1, 0.15) is 42.7 Å². The van der Waals surface area contributed by atoms with Gasteiger partial charge in [-0.15, -0.1) is 0 Å². The number of esters is 1. The van der Waals surface area contributed by atoms with Gasteiger partial charge in [0.2, 0.25) is 0 Å². The summed E-state index contributed by atoms with van der Waals surface area (Å²) in [5.41, 5.74) is -0.917. The molecule has 0 saturated carbocycles. The van der Waals surface area contributed by atoms with Crippen LogP contribution in [0.2, 0.25) is 0 Å². The van der Waals surface area contributed by atoms with Gasteiger partial charge in [0, 0.05) is 12.8 Å². The van der Waals surface area contributed by atoms with E-state index in [-0.39, 0.29) is 38.1 Å². The largest absolute Gasteiger partial charge is 0.466 e. The maximum atomic E-state index is 11.7. The van der Waals surface area contributed by atoms with Gasteiger partial charge in [-0.2, -0.15) is 0 Å². The monoisotopic (exact) mass is 482 g/mol. The van der Waals surface area contributed by atoms with E-state index in [0.29, 0.717) is 6.42 Å². The van der Waals surface area contributed by atoms with Gasteiger partial charge >= 0.3 is 5.97 Å². The molecule has 0 spiro atoms. The minimum Gasteiger partial charge on any atom is -0.466 e. The Morgan fingerprint density at radius 1 is 0.970 bits per heavy atom. The third-order valence-electron chi connectivity index (χ3n) is 5.52. The summed E-state index contributed by atoms with van der Waals surface area (Å²) in [5.74, 6) is -0.150. The SMILES string of the molecule is CC(C)CC(=O)OCCC(C)(C)O[C@@H]1O[C@H](CO[C@@H]2OC[C@H](O)[C@H](O)[C@H]2O)[C@@H](O)[C@H](O)[C@H]1O. The van der Waals surface area contributed by atoms with Crippen molar-refractivity contribution in [2.75, 3.05) is 19.8 Å². The van der Waals surface area contributed by atoms with Gasteiger partial charge in [0.25, 0.3) is 0 Å². The lowest BCUT2D eigenvalue weighted by Crippen LogP contribution is -2.61. The molecule has 6 N–H and O–H groups in total. The lowest BCUT2D eigenvalue weighted by molar-refractivity contribution is -0.336. The highest BCUT2D eigenvalue weighted by molar-refractivity contribution is 5.69. The number of aliphatic hydroxyl groups excluding tert-OH is 6. The first-order valence-electron chi connectivity index (χ1n) is 11.1. The van der Waals surface area contributed by atoms with Crippen LogP contribution in [0.15, 0.2) is 0 Å². The molecule has 2 heterocycles. The van der Waals surface area contributed by atoms with Crippen LogP contribution in [0.4, 0.5) is 0 Å². The van der Waals surface area contributed by atoms with E-state index >= 15 is 0 Å². The molecule has 2 saturated heterocycles. The first kappa shape index (κ1) is 28.3. The Balaban J connectivity index is 1.90. The molecule has 2 aliphatic rings. The van der Waals surface area contributed by atoms with Gasteiger partial charge in [-0.25, -0.2) is 0 Å². The second-order valence-electron chi connectivity index (χ2n) is 9.54. The third-order valence-corrected chi connectivity index (χ3v) is 5.52. The van der Waals surface area contributed by atoms with E-state index in [1.807, 2.05) is 13.8 Å². The standard InChI is InChI=1S/C21H38O12/c1-10(2)7-13(23)29-6-5-21(3,4)33-20-18(28)16(26)15(25)12(32-20)9-31-19-17(27)14(24)11(22)8-30-19/h10-12,14-20,22,24-28H,5-9H2,1-4H3/t11-,12+,14-,15+,16-,17+,18+,19-,20-/m0/s1. The maximum Gasteiger partial charge on any atom is 0.306 e. The van der Waals surface area contributed by atoms with E-state index in [9.17, 15) is 35.4 Å². The molecule has 0 bridgehead atoms. The molecule has 0 aromatic rings. The fraction of sp³-hybridized carbons (Fsp3) is 0.952. The Bertz CT molecular complexity index is 614. The molecular weight excluding hydrogens is 444 g/mol. The van der Waals surface area contributed by atoms with Crippen LogP contribution in [0, 0.1) is 5.92 Å². The zero-order valence-corrected chi connectivity index (χ0v) is 19.4. The minimum atomic E-state index is -1.61. The van der Waals surface area contributed by atoms with Crippen molar-refractivity contribution in [3.05, 3.63) is 0 Å². The van der Waals surface area contributed by atoms with Crippen LogP contribution in [-0.4, -0.2) is 117 Å². The number of carbonyl (C=O) groups excluding carboxylic acids is 1. The Morgan fingerprint density at radius 2 is 1.61 bits per heavy atom. The fourth-order valence-electron chi connectivity index (χ4n) is 3.44. The topological polar surface area (TPSA) is 185 Å². The molecule has 0 unspecified atom stereocenters. The molecule has 12 heteroatoms. The smallest absolute Gasteiger partial charge is 0.306 e. The van der Waals surface area contributed by atoms with Gasteiger partial charge in [-0.3, -0.25) is 4.79 Å². The molecular formula is C21H38O12. The number of rotatable bonds is 10. The Kier molecular flexibility index (Phi) is 10.4. The molecule has 0 radical (unpaired) electrons. The van der Waals surface area contributed by atoms with Crippen molar-refractivity contribution in [1.29, 1.82) is 0 Å². The van der Waals surface area contributed by atoms with Gasteiger partial charge in [0.05, 0.1) is 25.4 Å². The molecule has 0 aromatic heterocycles. The van der Waals surface area contributed by atoms with E-state index in [4.69, 9.17) is 23.7 Å². The third kappa shape index (κ3) is 8.06. The summed E-state index contributed by atoms with van der Waals surface area (Å²) in [6.07, 6.45) is -12.2. The first-order valence-corrected chi connectivity index (χ1v) is 11.1. The van der Waals surface area contributed by atoms with Crippen LogP contribution in [0.25, 0.3) is 0 Å². The molecule has 0 aromatic carbocycles. The Morgan fingerprint density at radius 3 is 2.24 bits per heavy atom. The molecule has 0 amide bonds. The summed E-state index contributed by atoms with van der Waals surface area (Å²) in [5, 5.41) is 60.0. The summed E-state index contributed by atoms with van der Waals surface area (Å²) in [7, 11) is 0. The van der Waals surface area contributed by atoms with Crippen LogP contribution in [0.3, 0.4) is 0 Å². The fourth-order valence-corrected chi connectivity index (χ4v) is 3.44. The van der Waals surface area contributed by atoms with Crippen molar-refractivity contribution in [3.8, 4) is 0 Å². The number of hydrogen-bond acceptors (Lipinski definition) is 12. The van der Waals surface area contributed by atoms with Crippen molar-refractivity contribution in [1.82, 2.24) is 0 Å². The van der Waals surface area contributed by atoms with Crippen LogP contribution in [0.5, 0.6) is 0 Å². The van der Waals surface area contributed by atoms with Gasteiger partial charge in [-0.05, 0) is 19.8 Å². The highest BCUT2D eigenvalue weighted by Gasteiger charge is 2.47. The summed E-state index contributed by atoms with van der Waals surface area (Å²) >= 11 is 0. The molecule has 2 rings (SSSR count). The summed E-state index contributed by atoms with van der Waals surface area (Å²) in [4.78, 5) is 11.7. The van der Waals surface area contributed by atoms with Gasteiger partial charge < -0.3 is 54.3 Å². The second-order valence-corrected chi connectivity index (χ2v) is 9.54. The highest BCUT2D eigenvalue weighted by Crippen LogP contribution is 2.28. The number of aliphatic hydroxyl groups is 6. The molecule has 12 nitrogen and oxygen atoms in total. The minimum absolute atomic E-state index is 0.0875. The van der Waals surface area contributed by atoms with E-state index < -0.39 is 60.9 Å². The highest BCUT2D eigenvalue weighted by atomic mass is 16.7. The average Bonchev–Trinajstić information content (AvgIpc) is 2.72. The Labute approximate surface area is 193 Å². The summed E-state index contributed by atoms with van der Waals surface area (Å²) in [6, 6.07) is 0. The van der Waals surface area contributed by atoms with Crippen LogP contribution < -0.4 is 0 Å². The second kappa shape index (κ2) is 12.2. The quantitative estimate of drug-likeness (QED) is 0.189. The van der Waals surface area contributed by atoms with Crippen LogP contribution in [-0.2, 0) is 28.5 Å². The number of carbonyl (C=O) groups is 1. The maximum absolute atomic E-state index is 11.7. The Hall–Kier alpha value is -0.930. The average molecular weight is 483 g/mol. The van der Waals surface area contributed by atoms with E-state index in [1.165, 1.54) is 0 Å².